The lowest BCUT2D eigenvalue weighted by molar-refractivity contribution is 0.322. The average Bonchev–Trinajstić information content (AvgIpc) is 2.69. The van der Waals surface area contributed by atoms with Crippen molar-refractivity contribution < 1.29 is 0 Å². The number of thiazole rings is 1. The maximum absolute atomic E-state index is 6.17. The highest BCUT2D eigenvalue weighted by atomic mass is 79.9. The Morgan fingerprint density at radius 1 is 1.44 bits per heavy atom. The van der Waals surface area contributed by atoms with Gasteiger partial charge in [0.15, 0.2) is 5.13 Å². The number of hydrogen-bond acceptors (Lipinski definition) is 4. The van der Waals surface area contributed by atoms with Gasteiger partial charge in [-0.1, -0.05) is 27.5 Å². The van der Waals surface area contributed by atoms with Gasteiger partial charge in [0.1, 0.15) is 0 Å². The van der Waals surface area contributed by atoms with E-state index >= 15 is 0 Å². The van der Waals surface area contributed by atoms with Crippen molar-refractivity contribution >= 4 is 44.0 Å². The number of hydrogen-bond donors (Lipinski definition) is 1. The Morgan fingerprint density at radius 2 is 2.22 bits per heavy atom. The van der Waals surface area contributed by atoms with Crippen LogP contribution in [0.1, 0.15) is 10.4 Å². The molecule has 0 radical (unpaired) electrons. The number of aromatic nitrogens is 1. The van der Waals surface area contributed by atoms with Crippen molar-refractivity contribution in [3.8, 4) is 0 Å². The fraction of sp³-hybridized carbons (Fsp3) is 0.250. The van der Waals surface area contributed by atoms with Gasteiger partial charge in [0.25, 0.3) is 0 Å². The standard InChI is InChI=1S/C12H13BrClN3S/c1-17(7-10-5-16-12(15)18-10)6-8-4-9(13)2-3-11(8)14/h2-5H,6-7H2,1H3,(H2,15,16). The molecule has 0 unspecified atom stereocenters. The zero-order chi connectivity index (χ0) is 13.1. The molecule has 0 amide bonds. The summed E-state index contributed by atoms with van der Waals surface area (Å²) in [5.41, 5.74) is 6.72. The van der Waals surface area contributed by atoms with E-state index in [0.29, 0.717) is 5.13 Å². The summed E-state index contributed by atoms with van der Waals surface area (Å²) in [6.45, 7) is 1.60. The summed E-state index contributed by atoms with van der Waals surface area (Å²) in [5.74, 6) is 0. The third kappa shape index (κ3) is 3.68. The van der Waals surface area contributed by atoms with Crippen molar-refractivity contribution in [3.63, 3.8) is 0 Å². The number of nitrogens with zero attached hydrogens (tertiary/aromatic N) is 2. The molecule has 0 aliphatic carbocycles. The van der Waals surface area contributed by atoms with Crippen LogP contribution in [0.2, 0.25) is 5.02 Å². The minimum atomic E-state index is 0.610. The third-order valence-corrected chi connectivity index (χ3v) is 4.12. The summed E-state index contributed by atoms with van der Waals surface area (Å²) < 4.78 is 1.04. The van der Waals surface area contributed by atoms with Gasteiger partial charge in [-0.25, -0.2) is 4.98 Å². The van der Waals surface area contributed by atoms with Crippen LogP contribution >= 0.6 is 38.9 Å². The molecule has 0 bridgehead atoms. The van der Waals surface area contributed by atoms with E-state index in [9.17, 15) is 0 Å². The van der Waals surface area contributed by atoms with Crippen LogP contribution in [0, 0.1) is 0 Å². The van der Waals surface area contributed by atoms with Crippen LogP contribution in [0.15, 0.2) is 28.9 Å². The van der Waals surface area contributed by atoms with E-state index in [4.69, 9.17) is 17.3 Å². The lowest BCUT2D eigenvalue weighted by Gasteiger charge is -2.16. The first kappa shape index (κ1) is 13.8. The van der Waals surface area contributed by atoms with Crippen LogP contribution in [0.25, 0.3) is 0 Å². The molecule has 0 saturated heterocycles. The quantitative estimate of drug-likeness (QED) is 0.916. The normalized spacial score (nSPS) is 11.1. The highest BCUT2D eigenvalue weighted by Gasteiger charge is 2.07. The summed E-state index contributed by atoms with van der Waals surface area (Å²) in [6.07, 6.45) is 1.82. The van der Waals surface area contributed by atoms with E-state index < -0.39 is 0 Å². The Morgan fingerprint density at radius 3 is 2.89 bits per heavy atom. The highest BCUT2D eigenvalue weighted by molar-refractivity contribution is 9.10. The fourth-order valence-electron chi connectivity index (χ4n) is 1.67. The predicted octanol–water partition coefficient (Wildman–Crippen LogP) is 3.77. The van der Waals surface area contributed by atoms with Gasteiger partial charge in [0, 0.05) is 33.7 Å². The number of rotatable bonds is 4. The Hall–Kier alpha value is -0.620. The van der Waals surface area contributed by atoms with E-state index in [1.807, 2.05) is 31.4 Å². The SMILES string of the molecule is CN(Cc1cnc(N)s1)Cc1cc(Br)ccc1Cl. The van der Waals surface area contributed by atoms with Gasteiger partial charge >= 0.3 is 0 Å². The van der Waals surface area contributed by atoms with Crippen molar-refractivity contribution in [1.82, 2.24) is 9.88 Å². The Kier molecular flexibility index (Phi) is 4.61. The van der Waals surface area contributed by atoms with E-state index in [1.165, 1.54) is 11.3 Å². The first-order chi connectivity index (χ1) is 8.54. The summed E-state index contributed by atoms with van der Waals surface area (Å²) >= 11 is 11.1. The maximum atomic E-state index is 6.17. The van der Waals surface area contributed by atoms with E-state index in [1.54, 1.807) is 0 Å². The number of halogens is 2. The summed E-state index contributed by atoms with van der Waals surface area (Å²) in [5, 5.41) is 1.40. The van der Waals surface area contributed by atoms with E-state index in [2.05, 4.69) is 25.8 Å². The highest BCUT2D eigenvalue weighted by Crippen LogP contribution is 2.23. The van der Waals surface area contributed by atoms with Crippen molar-refractivity contribution in [2.45, 2.75) is 13.1 Å². The summed E-state index contributed by atoms with van der Waals surface area (Å²) in [6, 6.07) is 5.88. The van der Waals surface area contributed by atoms with Gasteiger partial charge < -0.3 is 5.73 Å². The number of nitrogen functional groups attached to an aromatic ring is 1. The zero-order valence-electron chi connectivity index (χ0n) is 9.86. The van der Waals surface area contributed by atoms with Crippen molar-refractivity contribution in [2.24, 2.45) is 0 Å². The lowest BCUT2D eigenvalue weighted by atomic mass is 10.2. The van der Waals surface area contributed by atoms with Crippen LogP contribution in [0.4, 0.5) is 5.13 Å². The van der Waals surface area contributed by atoms with Gasteiger partial charge in [-0.3, -0.25) is 4.90 Å². The molecule has 2 rings (SSSR count). The third-order valence-electron chi connectivity index (χ3n) is 2.45. The van der Waals surface area contributed by atoms with Crippen LogP contribution in [-0.2, 0) is 13.1 Å². The monoisotopic (exact) mass is 345 g/mol. The zero-order valence-corrected chi connectivity index (χ0v) is 13.0. The molecule has 1 heterocycles. The van der Waals surface area contributed by atoms with Gasteiger partial charge in [0.05, 0.1) is 0 Å². The Labute approximate surface area is 124 Å². The molecule has 18 heavy (non-hydrogen) atoms. The first-order valence-electron chi connectivity index (χ1n) is 5.37. The molecule has 96 valence electrons. The van der Waals surface area contributed by atoms with Crippen LogP contribution in [0.5, 0.6) is 0 Å². The molecule has 1 aromatic heterocycles. The van der Waals surface area contributed by atoms with E-state index in [0.717, 1.165) is 33.0 Å². The minimum Gasteiger partial charge on any atom is -0.375 e. The molecule has 6 heteroatoms. The Balaban J connectivity index is 2.02. The molecular formula is C12H13BrClN3S. The summed E-state index contributed by atoms with van der Waals surface area (Å²) in [7, 11) is 2.05. The smallest absolute Gasteiger partial charge is 0.180 e. The van der Waals surface area contributed by atoms with Gasteiger partial charge in [-0.2, -0.15) is 0 Å². The topological polar surface area (TPSA) is 42.2 Å². The molecule has 0 atom stereocenters. The Bertz CT molecular complexity index is 544. The molecule has 2 aromatic rings. The molecule has 0 saturated carbocycles. The van der Waals surface area contributed by atoms with Gasteiger partial charge in [-0.15, -0.1) is 11.3 Å². The fourth-order valence-corrected chi connectivity index (χ4v) is 3.02. The molecular weight excluding hydrogens is 334 g/mol. The molecule has 0 spiro atoms. The lowest BCUT2D eigenvalue weighted by Crippen LogP contribution is -2.16. The molecule has 2 N–H and O–H groups in total. The molecule has 0 aliphatic rings. The van der Waals surface area contributed by atoms with Crippen LogP contribution in [-0.4, -0.2) is 16.9 Å². The maximum Gasteiger partial charge on any atom is 0.180 e. The van der Waals surface area contributed by atoms with Crippen LogP contribution in [0.3, 0.4) is 0 Å². The largest absolute Gasteiger partial charge is 0.375 e. The first-order valence-corrected chi connectivity index (χ1v) is 7.36. The molecule has 0 fully saturated rings. The van der Waals surface area contributed by atoms with Crippen molar-refractivity contribution in [3.05, 3.63) is 44.3 Å². The van der Waals surface area contributed by atoms with Crippen LogP contribution < -0.4 is 5.73 Å². The van der Waals surface area contributed by atoms with E-state index in [-0.39, 0.29) is 0 Å². The van der Waals surface area contributed by atoms with Crippen molar-refractivity contribution in [2.75, 3.05) is 12.8 Å². The average molecular weight is 347 g/mol. The number of nitrogens with two attached hydrogens (primary N) is 1. The summed E-state index contributed by atoms with van der Waals surface area (Å²) in [4.78, 5) is 7.38. The van der Waals surface area contributed by atoms with Gasteiger partial charge in [0.2, 0.25) is 0 Å². The molecule has 0 aliphatic heterocycles. The second-order valence-corrected chi connectivity index (χ2v) is 6.54. The molecule has 3 nitrogen and oxygen atoms in total. The second kappa shape index (κ2) is 6.02. The minimum absolute atomic E-state index is 0.610. The predicted molar refractivity (Wildman–Crippen MR) is 80.8 cm³/mol. The van der Waals surface area contributed by atoms with Crippen molar-refractivity contribution in [1.29, 1.82) is 0 Å². The number of benzene rings is 1. The second-order valence-electron chi connectivity index (χ2n) is 4.07. The molecule has 1 aromatic carbocycles. The van der Waals surface area contributed by atoms with Gasteiger partial charge in [-0.05, 0) is 30.8 Å². The number of anilines is 1.